The van der Waals surface area contributed by atoms with Crippen molar-refractivity contribution in [3.8, 4) is 0 Å². The minimum atomic E-state index is -0.244. The predicted molar refractivity (Wildman–Crippen MR) is 100.0 cm³/mol. The van der Waals surface area contributed by atoms with Crippen LogP contribution in [0.4, 0.5) is 21.8 Å². The third-order valence-corrected chi connectivity index (χ3v) is 3.91. The van der Waals surface area contributed by atoms with Crippen molar-refractivity contribution >= 4 is 29.1 Å². The molecule has 0 aliphatic carbocycles. The summed E-state index contributed by atoms with van der Waals surface area (Å²) in [5.74, 6) is 0.962. The Morgan fingerprint density at radius 2 is 1.76 bits per heavy atom. The topological polar surface area (TPSA) is 49.8 Å². The lowest BCUT2D eigenvalue weighted by atomic mass is 10.2. The van der Waals surface area contributed by atoms with Gasteiger partial charge in [0.1, 0.15) is 11.6 Å². The Morgan fingerprint density at radius 1 is 1.00 bits per heavy atom. The molecule has 0 amide bonds. The molecule has 2 aromatic carbocycles. The molecule has 3 rings (SSSR count). The van der Waals surface area contributed by atoms with Crippen molar-refractivity contribution in [2.45, 2.75) is 20.4 Å². The van der Waals surface area contributed by atoms with Crippen LogP contribution in [-0.4, -0.2) is 9.97 Å². The van der Waals surface area contributed by atoms with E-state index in [1.807, 2.05) is 38.1 Å². The highest BCUT2D eigenvalue weighted by atomic mass is 35.5. The largest absolute Gasteiger partial charge is 0.366 e. The van der Waals surface area contributed by atoms with Crippen LogP contribution in [0.5, 0.6) is 0 Å². The molecule has 1 heterocycles. The van der Waals surface area contributed by atoms with E-state index in [4.69, 9.17) is 11.6 Å². The van der Waals surface area contributed by atoms with Gasteiger partial charge in [0.15, 0.2) is 0 Å². The fourth-order valence-electron chi connectivity index (χ4n) is 2.40. The van der Waals surface area contributed by atoms with Crippen LogP contribution in [0.15, 0.2) is 48.5 Å². The lowest BCUT2D eigenvalue weighted by Gasteiger charge is -2.12. The monoisotopic (exact) mass is 356 g/mol. The lowest BCUT2D eigenvalue weighted by molar-refractivity contribution is 0.627. The number of aromatic nitrogens is 2. The summed E-state index contributed by atoms with van der Waals surface area (Å²) < 4.78 is 13.0. The van der Waals surface area contributed by atoms with Crippen molar-refractivity contribution in [3.63, 3.8) is 0 Å². The highest BCUT2D eigenvalue weighted by Gasteiger charge is 2.05. The van der Waals surface area contributed by atoms with Crippen LogP contribution in [0.3, 0.4) is 0 Å². The average molecular weight is 357 g/mol. The van der Waals surface area contributed by atoms with E-state index in [2.05, 4.69) is 20.6 Å². The van der Waals surface area contributed by atoms with E-state index in [9.17, 15) is 4.39 Å². The molecule has 6 heteroatoms. The van der Waals surface area contributed by atoms with Crippen LogP contribution in [0.2, 0.25) is 5.02 Å². The number of aryl methyl sites for hydroxylation is 2. The molecular formula is C19H18ClFN4. The highest BCUT2D eigenvalue weighted by molar-refractivity contribution is 6.30. The van der Waals surface area contributed by atoms with Crippen molar-refractivity contribution in [2.75, 3.05) is 10.6 Å². The van der Waals surface area contributed by atoms with Gasteiger partial charge < -0.3 is 10.6 Å². The summed E-state index contributed by atoms with van der Waals surface area (Å²) in [7, 11) is 0. The van der Waals surface area contributed by atoms with E-state index in [0.29, 0.717) is 23.3 Å². The second-order valence-electron chi connectivity index (χ2n) is 5.78. The molecule has 0 radical (unpaired) electrons. The fraction of sp³-hybridized carbons (Fsp3) is 0.158. The van der Waals surface area contributed by atoms with Gasteiger partial charge in [-0.1, -0.05) is 23.7 Å². The first kappa shape index (κ1) is 17.2. The molecule has 0 atom stereocenters. The van der Waals surface area contributed by atoms with Crippen LogP contribution in [0.25, 0.3) is 0 Å². The minimum absolute atomic E-state index is 0.244. The second kappa shape index (κ2) is 7.49. The molecule has 128 valence electrons. The molecule has 0 aliphatic rings. The van der Waals surface area contributed by atoms with Crippen LogP contribution < -0.4 is 10.6 Å². The molecule has 0 aliphatic heterocycles. The molecule has 0 spiro atoms. The Hall–Kier alpha value is -2.66. The second-order valence-corrected chi connectivity index (χ2v) is 6.22. The Bertz CT molecular complexity index is 881. The number of benzene rings is 2. The van der Waals surface area contributed by atoms with Crippen molar-refractivity contribution in [2.24, 2.45) is 0 Å². The van der Waals surface area contributed by atoms with E-state index >= 15 is 0 Å². The van der Waals surface area contributed by atoms with Gasteiger partial charge in [-0.25, -0.2) is 9.37 Å². The first-order chi connectivity index (χ1) is 12.0. The van der Waals surface area contributed by atoms with E-state index in [1.165, 1.54) is 12.1 Å². The Labute approximate surface area is 151 Å². The third-order valence-electron chi connectivity index (χ3n) is 3.68. The van der Waals surface area contributed by atoms with Gasteiger partial charge in [-0.15, -0.1) is 0 Å². The zero-order valence-electron chi connectivity index (χ0n) is 14.0. The molecule has 0 saturated carbocycles. The summed E-state index contributed by atoms with van der Waals surface area (Å²) in [4.78, 5) is 8.90. The lowest BCUT2D eigenvalue weighted by Crippen LogP contribution is -2.06. The molecular weight excluding hydrogens is 339 g/mol. The van der Waals surface area contributed by atoms with Crippen LogP contribution in [0, 0.1) is 19.7 Å². The number of rotatable bonds is 5. The zero-order chi connectivity index (χ0) is 17.8. The number of hydrogen-bond donors (Lipinski definition) is 2. The van der Waals surface area contributed by atoms with Gasteiger partial charge in [0.25, 0.3) is 0 Å². The van der Waals surface area contributed by atoms with Gasteiger partial charge >= 0.3 is 0 Å². The van der Waals surface area contributed by atoms with Crippen LogP contribution in [0.1, 0.15) is 16.8 Å². The number of hydrogen-bond acceptors (Lipinski definition) is 4. The van der Waals surface area contributed by atoms with Crippen molar-refractivity contribution in [1.29, 1.82) is 0 Å². The summed E-state index contributed by atoms with van der Waals surface area (Å²) in [6.07, 6.45) is 0. The zero-order valence-corrected chi connectivity index (χ0v) is 14.7. The van der Waals surface area contributed by atoms with E-state index < -0.39 is 0 Å². The number of nitrogens with one attached hydrogen (secondary N) is 2. The third kappa shape index (κ3) is 4.67. The van der Waals surface area contributed by atoms with E-state index in [0.717, 1.165) is 22.5 Å². The first-order valence-electron chi connectivity index (χ1n) is 7.87. The Balaban J connectivity index is 1.74. The summed E-state index contributed by atoms with van der Waals surface area (Å²) in [6, 6.07) is 13.8. The number of nitrogens with zero attached hydrogens (tertiary/aromatic N) is 2. The summed E-state index contributed by atoms with van der Waals surface area (Å²) >= 11 is 5.99. The Kier molecular flexibility index (Phi) is 5.14. The SMILES string of the molecule is Cc1cc(NCc2ccc(F)cc2)nc(Nc2ccc(Cl)cc2C)n1. The van der Waals surface area contributed by atoms with Gasteiger partial charge in [0, 0.05) is 29.0 Å². The smallest absolute Gasteiger partial charge is 0.229 e. The maximum absolute atomic E-state index is 13.0. The number of halogens is 2. The van der Waals surface area contributed by atoms with Crippen molar-refractivity contribution in [3.05, 3.63) is 76.2 Å². The highest BCUT2D eigenvalue weighted by Crippen LogP contribution is 2.23. The molecule has 25 heavy (non-hydrogen) atoms. The minimum Gasteiger partial charge on any atom is -0.366 e. The standard InChI is InChI=1S/C19H18ClFN4/c1-12-9-15(20)5-8-17(12)24-19-23-13(2)10-18(25-19)22-11-14-3-6-16(21)7-4-14/h3-10H,11H2,1-2H3,(H2,22,23,24,25). The molecule has 0 unspecified atom stereocenters. The quantitative estimate of drug-likeness (QED) is 0.656. The maximum Gasteiger partial charge on any atom is 0.229 e. The van der Waals surface area contributed by atoms with E-state index in [-0.39, 0.29) is 5.82 Å². The Morgan fingerprint density at radius 3 is 2.48 bits per heavy atom. The predicted octanol–water partition coefficient (Wildman–Crippen LogP) is 5.24. The molecule has 0 saturated heterocycles. The van der Waals surface area contributed by atoms with Crippen LogP contribution in [-0.2, 0) is 6.54 Å². The van der Waals surface area contributed by atoms with Crippen molar-refractivity contribution in [1.82, 2.24) is 9.97 Å². The molecule has 4 nitrogen and oxygen atoms in total. The molecule has 0 fully saturated rings. The van der Waals surface area contributed by atoms with Crippen molar-refractivity contribution < 1.29 is 4.39 Å². The van der Waals surface area contributed by atoms with Gasteiger partial charge in [-0.05, 0) is 55.3 Å². The van der Waals surface area contributed by atoms with E-state index in [1.54, 1.807) is 12.1 Å². The maximum atomic E-state index is 13.0. The molecule has 2 N–H and O–H groups in total. The average Bonchev–Trinajstić information content (AvgIpc) is 2.56. The summed E-state index contributed by atoms with van der Waals surface area (Å²) in [5, 5.41) is 7.14. The van der Waals surface area contributed by atoms with Gasteiger partial charge in [0.2, 0.25) is 5.95 Å². The van der Waals surface area contributed by atoms with Gasteiger partial charge in [-0.3, -0.25) is 0 Å². The normalized spacial score (nSPS) is 10.6. The molecule has 0 bridgehead atoms. The summed E-state index contributed by atoms with van der Waals surface area (Å²) in [5.41, 5.74) is 3.73. The van der Waals surface area contributed by atoms with Crippen LogP contribution >= 0.6 is 11.6 Å². The number of anilines is 3. The van der Waals surface area contributed by atoms with Gasteiger partial charge in [-0.2, -0.15) is 4.98 Å². The summed E-state index contributed by atoms with van der Waals surface area (Å²) in [6.45, 7) is 4.43. The fourth-order valence-corrected chi connectivity index (χ4v) is 2.62. The molecule has 3 aromatic rings. The molecule has 1 aromatic heterocycles. The first-order valence-corrected chi connectivity index (χ1v) is 8.24. The van der Waals surface area contributed by atoms with Gasteiger partial charge in [0.05, 0.1) is 0 Å².